The molecule has 1 N–H and O–H groups in total. The highest BCUT2D eigenvalue weighted by atomic mass is 79.9. The summed E-state index contributed by atoms with van der Waals surface area (Å²) < 4.78 is 1.01. The van der Waals surface area contributed by atoms with Crippen molar-refractivity contribution in [3.63, 3.8) is 0 Å². The summed E-state index contributed by atoms with van der Waals surface area (Å²) in [6.45, 7) is 3.67. The Labute approximate surface area is 121 Å². The van der Waals surface area contributed by atoms with E-state index in [4.69, 9.17) is 0 Å². The van der Waals surface area contributed by atoms with E-state index >= 15 is 0 Å². The smallest absolute Gasteiger partial charge is 0.319 e. The molecule has 1 aromatic rings. The molecule has 2 aliphatic heterocycles. The zero-order chi connectivity index (χ0) is 13.2. The lowest BCUT2D eigenvalue weighted by atomic mass is 10.1. The Bertz CT molecular complexity index is 474. The van der Waals surface area contributed by atoms with Crippen LogP contribution in [0.4, 0.5) is 10.5 Å². The van der Waals surface area contributed by atoms with E-state index in [1.165, 1.54) is 0 Å². The number of nitrogens with one attached hydrogen (secondary N) is 1. The molecule has 0 atom stereocenters. The minimum Gasteiger partial charge on any atom is -0.319 e. The van der Waals surface area contributed by atoms with E-state index in [9.17, 15) is 4.79 Å². The molecule has 0 bridgehead atoms. The first-order valence-electron chi connectivity index (χ1n) is 6.80. The minimum absolute atomic E-state index is 0.157. The van der Waals surface area contributed by atoms with E-state index in [1.54, 1.807) is 0 Å². The van der Waals surface area contributed by atoms with Gasteiger partial charge in [0.2, 0.25) is 0 Å². The van der Waals surface area contributed by atoms with E-state index in [-0.39, 0.29) is 6.03 Å². The van der Waals surface area contributed by atoms with Gasteiger partial charge in [-0.15, -0.1) is 0 Å². The normalized spacial score (nSPS) is 21.2. The number of amides is 2. The number of carbonyl (C=O) groups excluding carboxylic acids is 1. The zero-order valence-corrected chi connectivity index (χ0v) is 12.4. The van der Waals surface area contributed by atoms with Crippen molar-refractivity contribution in [2.75, 3.05) is 31.1 Å². The third-order valence-electron chi connectivity index (χ3n) is 3.91. The largest absolute Gasteiger partial charge is 0.324 e. The van der Waals surface area contributed by atoms with Crippen LogP contribution in [0.25, 0.3) is 0 Å². The maximum atomic E-state index is 12.5. The number of urea groups is 1. The zero-order valence-electron chi connectivity index (χ0n) is 10.8. The predicted octanol–water partition coefficient (Wildman–Crippen LogP) is 2.44. The Balaban J connectivity index is 1.74. The number of anilines is 1. The van der Waals surface area contributed by atoms with Gasteiger partial charge in [0.25, 0.3) is 0 Å². The van der Waals surface area contributed by atoms with Gasteiger partial charge in [-0.1, -0.05) is 22.0 Å². The highest BCUT2D eigenvalue weighted by Gasteiger charge is 2.34. The summed E-state index contributed by atoms with van der Waals surface area (Å²) in [5.74, 6) is 0. The fourth-order valence-electron chi connectivity index (χ4n) is 2.89. The molecule has 3 rings (SSSR count). The molecule has 0 aliphatic carbocycles. The summed E-state index contributed by atoms with van der Waals surface area (Å²) in [4.78, 5) is 16.5. The van der Waals surface area contributed by atoms with Crippen molar-refractivity contribution in [1.29, 1.82) is 0 Å². The molecule has 2 fully saturated rings. The molecule has 0 aromatic heterocycles. The van der Waals surface area contributed by atoms with E-state index in [0.29, 0.717) is 6.04 Å². The lowest BCUT2D eigenvalue weighted by Crippen LogP contribution is -2.45. The van der Waals surface area contributed by atoms with Gasteiger partial charge in [-0.05, 0) is 44.1 Å². The van der Waals surface area contributed by atoms with E-state index in [1.807, 2.05) is 34.1 Å². The van der Waals surface area contributed by atoms with Crippen molar-refractivity contribution in [2.45, 2.75) is 18.9 Å². The van der Waals surface area contributed by atoms with Gasteiger partial charge < -0.3 is 10.2 Å². The number of nitrogens with zero attached hydrogens (tertiary/aromatic N) is 2. The van der Waals surface area contributed by atoms with Crippen LogP contribution in [0, 0.1) is 0 Å². The van der Waals surface area contributed by atoms with Crippen LogP contribution < -0.4 is 10.2 Å². The SMILES string of the molecule is O=C1N(c2cccc(Br)c2)CCN1C1CCNCC1. The molecule has 0 spiro atoms. The fourth-order valence-corrected chi connectivity index (χ4v) is 3.28. The summed E-state index contributed by atoms with van der Waals surface area (Å²) in [5.41, 5.74) is 0.982. The van der Waals surface area contributed by atoms with Gasteiger partial charge in [0.05, 0.1) is 0 Å². The predicted molar refractivity (Wildman–Crippen MR) is 79.5 cm³/mol. The van der Waals surface area contributed by atoms with E-state index in [2.05, 4.69) is 21.2 Å². The maximum Gasteiger partial charge on any atom is 0.324 e. The lowest BCUT2D eigenvalue weighted by molar-refractivity contribution is 0.185. The molecule has 0 saturated carbocycles. The molecule has 2 amide bonds. The molecule has 4 nitrogen and oxygen atoms in total. The average Bonchev–Trinajstić information content (AvgIpc) is 2.81. The molecule has 2 aliphatic rings. The van der Waals surface area contributed by atoms with Crippen LogP contribution in [0.15, 0.2) is 28.7 Å². The molecule has 1 aromatic carbocycles. The first kappa shape index (κ1) is 12.9. The molecule has 2 saturated heterocycles. The second-order valence-electron chi connectivity index (χ2n) is 5.09. The summed E-state index contributed by atoms with van der Waals surface area (Å²) in [7, 11) is 0. The number of piperidine rings is 1. The third-order valence-corrected chi connectivity index (χ3v) is 4.40. The number of rotatable bonds is 2. The van der Waals surface area contributed by atoms with E-state index in [0.717, 1.165) is 49.2 Å². The van der Waals surface area contributed by atoms with Gasteiger partial charge in [0.1, 0.15) is 0 Å². The van der Waals surface area contributed by atoms with Crippen molar-refractivity contribution in [2.24, 2.45) is 0 Å². The van der Waals surface area contributed by atoms with Crippen LogP contribution in [0.5, 0.6) is 0 Å². The second kappa shape index (κ2) is 5.51. The Kier molecular flexibility index (Phi) is 3.75. The molecule has 2 heterocycles. The minimum atomic E-state index is 0.157. The highest BCUT2D eigenvalue weighted by molar-refractivity contribution is 9.10. The quantitative estimate of drug-likeness (QED) is 0.907. The monoisotopic (exact) mass is 323 g/mol. The number of benzene rings is 1. The Morgan fingerprint density at radius 3 is 2.74 bits per heavy atom. The number of hydrogen-bond donors (Lipinski definition) is 1. The van der Waals surface area contributed by atoms with Gasteiger partial charge in [-0.2, -0.15) is 0 Å². The fraction of sp³-hybridized carbons (Fsp3) is 0.500. The number of hydrogen-bond acceptors (Lipinski definition) is 2. The van der Waals surface area contributed by atoms with Crippen molar-refractivity contribution in [1.82, 2.24) is 10.2 Å². The Hall–Kier alpha value is -1.07. The Morgan fingerprint density at radius 1 is 1.21 bits per heavy atom. The molecule has 0 radical (unpaired) electrons. The topological polar surface area (TPSA) is 35.6 Å². The standard InChI is InChI=1S/C14H18BrN3O/c15-11-2-1-3-13(10-11)18-9-8-17(14(18)19)12-4-6-16-7-5-12/h1-3,10,12,16H,4-9H2. The highest BCUT2D eigenvalue weighted by Crippen LogP contribution is 2.26. The molecule has 19 heavy (non-hydrogen) atoms. The van der Waals surface area contributed by atoms with Gasteiger partial charge in [0.15, 0.2) is 0 Å². The molecule has 5 heteroatoms. The van der Waals surface area contributed by atoms with Crippen LogP contribution in [0.2, 0.25) is 0 Å². The van der Waals surface area contributed by atoms with Crippen molar-refractivity contribution in [3.05, 3.63) is 28.7 Å². The van der Waals surface area contributed by atoms with Crippen molar-refractivity contribution >= 4 is 27.6 Å². The first-order chi connectivity index (χ1) is 9.25. The summed E-state index contributed by atoms with van der Waals surface area (Å²) in [5, 5.41) is 3.35. The third kappa shape index (κ3) is 2.62. The average molecular weight is 324 g/mol. The van der Waals surface area contributed by atoms with Gasteiger partial charge >= 0.3 is 6.03 Å². The van der Waals surface area contributed by atoms with Gasteiger partial charge in [0, 0.05) is 29.3 Å². The summed E-state index contributed by atoms with van der Waals surface area (Å²) >= 11 is 3.46. The number of halogens is 1. The van der Waals surface area contributed by atoms with Crippen LogP contribution >= 0.6 is 15.9 Å². The molecule has 102 valence electrons. The molecule has 0 unspecified atom stereocenters. The molecular formula is C14H18BrN3O. The van der Waals surface area contributed by atoms with Crippen molar-refractivity contribution < 1.29 is 4.79 Å². The Morgan fingerprint density at radius 2 is 2.00 bits per heavy atom. The van der Waals surface area contributed by atoms with Crippen LogP contribution in [0.3, 0.4) is 0 Å². The molecular weight excluding hydrogens is 306 g/mol. The summed E-state index contributed by atoms with van der Waals surface area (Å²) in [6.07, 6.45) is 2.14. The van der Waals surface area contributed by atoms with E-state index < -0.39 is 0 Å². The maximum absolute atomic E-state index is 12.5. The van der Waals surface area contributed by atoms with Crippen molar-refractivity contribution in [3.8, 4) is 0 Å². The van der Waals surface area contributed by atoms with Crippen LogP contribution in [-0.4, -0.2) is 43.2 Å². The van der Waals surface area contributed by atoms with Gasteiger partial charge in [-0.25, -0.2) is 4.79 Å². The van der Waals surface area contributed by atoms with Gasteiger partial charge in [-0.3, -0.25) is 4.90 Å². The summed E-state index contributed by atoms with van der Waals surface area (Å²) in [6, 6.07) is 8.52. The first-order valence-corrected chi connectivity index (χ1v) is 7.59. The lowest BCUT2D eigenvalue weighted by Gasteiger charge is -2.31. The second-order valence-corrected chi connectivity index (χ2v) is 6.00. The number of carbonyl (C=O) groups is 1. The van der Waals surface area contributed by atoms with Crippen LogP contribution in [0.1, 0.15) is 12.8 Å². The van der Waals surface area contributed by atoms with Crippen LogP contribution in [-0.2, 0) is 0 Å².